The molecule has 0 saturated heterocycles. The van der Waals surface area contributed by atoms with Crippen molar-refractivity contribution in [2.24, 2.45) is 0 Å². The van der Waals surface area contributed by atoms with Crippen LogP contribution in [0.5, 0.6) is 0 Å². The molecule has 2 aromatic rings. The van der Waals surface area contributed by atoms with Gasteiger partial charge in [0.1, 0.15) is 5.82 Å². The predicted octanol–water partition coefficient (Wildman–Crippen LogP) is 4.82. The van der Waals surface area contributed by atoms with Crippen LogP contribution in [0, 0.1) is 16.3 Å². The van der Waals surface area contributed by atoms with Gasteiger partial charge in [-0.2, -0.15) is 0 Å². The van der Waals surface area contributed by atoms with Crippen molar-refractivity contribution in [2.45, 2.75) is 13.3 Å². The topological polar surface area (TPSA) is 17.1 Å². The van der Waals surface area contributed by atoms with E-state index in [9.17, 15) is 9.18 Å². The Kier molecular flexibility index (Phi) is 4.58. The van der Waals surface area contributed by atoms with E-state index in [0.717, 1.165) is 14.7 Å². The monoisotopic (exact) mass is 388 g/mol. The average Bonchev–Trinajstić information content (AvgIpc) is 2.36. The van der Waals surface area contributed by atoms with E-state index in [1.807, 2.05) is 6.07 Å². The lowest BCUT2D eigenvalue weighted by Gasteiger charge is -2.06. The molecule has 0 amide bonds. The van der Waals surface area contributed by atoms with Crippen LogP contribution in [-0.2, 0) is 6.42 Å². The fourth-order valence-electron chi connectivity index (χ4n) is 1.80. The minimum absolute atomic E-state index is 0.0204. The van der Waals surface area contributed by atoms with Crippen LogP contribution in [0.15, 0.2) is 36.4 Å². The number of ketones is 1. The SMILES string of the molecule is Cc1cc(F)ccc1CC(=O)c1ccc(I)c(Cl)c1. The molecular formula is C15H11ClFIO. The molecule has 0 aromatic heterocycles. The smallest absolute Gasteiger partial charge is 0.167 e. The van der Waals surface area contributed by atoms with Crippen LogP contribution in [0.25, 0.3) is 0 Å². The summed E-state index contributed by atoms with van der Waals surface area (Å²) in [6, 6.07) is 9.70. The van der Waals surface area contributed by atoms with Gasteiger partial charge < -0.3 is 0 Å². The molecule has 19 heavy (non-hydrogen) atoms. The molecule has 0 saturated carbocycles. The molecule has 0 radical (unpaired) electrons. The first-order valence-electron chi connectivity index (χ1n) is 5.70. The molecule has 0 unspecified atom stereocenters. The Morgan fingerprint density at radius 1 is 1.26 bits per heavy atom. The number of carbonyl (C=O) groups is 1. The van der Waals surface area contributed by atoms with E-state index in [4.69, 9.17) is 11.6 Å². The van der Waals surface area contributed by atoms with Gasteiger partial charge in [-0.25, -0.2) is 4.39 Å². The van der Waals surface area contributed by atoms with E-state index in [2.05, 4.69) is 22.6 Å². The Morgan fingerprint density at radius 3 is 2.63 bits per heavy atom. The van der Waals surface area contributed by atoms with Gasteiger partial charge in [0, 0.05) is 15.6 Å². The van der Waals surface area contributed by atoms with E-state index < -0.39 is 0 Å². The van der Waals surface area contributed by atoms with Crippen LogP contribution >= 0.6 is 34.2 Å². The number of hydrogen-bond donors (Lipinski definition) is 0. The normalized spacial score (nSPS) is 10.5. The van der Waals surface area contributed by atoms with Crippen molar-refractivity contribution in [3.63, 3.8) is 0 Å². The lowest BCUT2D eigenvalue weighted by molar-refractivity contribution is 0.0992. The molecule has 0 fully saturated rings. The van der Waals surface area contributed by atoms with Crippen molar-refractivity contribution in [3.05, 3.63) is 67.5 Å². The first-order valence-corrected chi connectivity index (χ1v) is 7.16. The van der Waals surface area contributed by atoms with Crippen molar-refractivity contribution in [3.8, 4) is 0 Å². The highest BCUT2D eigenvalue weighted by Gasteiger charge is 2.11. The highest BCUT2D eigenvalue weighted by molar-refractivity contribution is 14.1. The standard InChI is InChI=1S/C15H11ClFIO/c1-9-6-12(17)4-2-10(9)8-15(19)11-3-5-14(18)13(16)7-11/h2-7H,8H2,1H3. The lowest BCUT2D eigenvalue weighted by Crippen LogP contribution is -2.05. The summed E-state index contributed by atoms with van der Waals surface area (Å²) in [4.78, 5) is 12.2. The van der Waals surface area contributed by atoms with Gasteiger partial charge in [0.2, 0.25) is 0 Å². The zero-order valence-electron chi connectivity index (χ0n) is 10.2. The minimum Gasteiger partial charge on any atom is -0.294 e. The van der Waals surface area contributed by atoms with Gasteiger partial charge in [0.25, 0.3) is 0 Å². The number of Topliss-reactive ketones (excluding diaryl/α,β-unsaturated/α-hetero) is 1. The highest BCUT2D eigenvalue weighted by Crippen LogP contribution is 2.21. The van der Waals surface area contributed by atoms with Gasteiger partial charge in [0.05, 0.1) is 5.02 Å². The van der Waals surface area contributed by atoms with Crippen molar-refractivity contribution in [2.75, 3.05) is 0 Å². The summed E-state index contributed by atoms with van der Waals surface area (Å²) in [5, 5.41) is 0.572. The van der Waals surface area contributed by atoms with Crippen LogP contribution < -0.4 is 0 Å². The minimum atomic E-state index is -0.286. The molecule has 0 N–H and O–H groups in total. The largest absolute Gasteiger partial charge is 0.294 e. The van der Waals surface area contributed by atoms with Crippen LogP contribution in [0.2, 0.25) is 5.02 Å². The average molecular weight is 389 g/mol. The molecule has 0 spiro atoms. The van der Waals surface area contributed by atoms with E-state index >= 15 is 0 Å². The third-order valence-electron chi connectivity index (χ3n) is 2.90. The third-order valence-corrected chi connectivity index (χ3v) is 4.47. The first-order chi connectivity index (χ1) is 8.97. The summed E-state index contributed by atoms with van der Waals surface area (Å²) in [5.74, 6) is -0.306. The summed E-state index contributed by atoms with van der Waals surface area (Å²) in [6.45, 7) is 1.80. The zero-order valence-corrected chi connectivity index (χ0v) is 13.1. The van der Waals surface area contributed by atoms with Crippen molar-refractivity contribution >= 4 is 40.0 Å². The Labute approximate surface area is 129 Å². The Hall–Kier alpha value is -0.940. The van der Waals surface area contributed by atoms with Gasteiger partial charge in [-0.3, -0.25) is 4.79 Å². The maximum absolute atomic E-state index is 13.0. The van der Waals surface area contributed by atoms with E-state index in [1.54, 1.807) is 25.1 Å². The van der Waals surface area contributed by atoms with Gasteiger partial charge in [-0.15, -0.1) is 0 Å². The third kappa shape index (κ3) is 3.54. The van der Waals surface area contributed by atoms with Gasteiger partial charge in [-0.05, 0) is 64.9 Å². The molecule has 0 aliphatic rings. The first kappa shape index (κ1) is 14.5. The molecule has 98 valence electrons. The van der Waals surface area contributed by atoms with Crippen LogP contribution in [-0.4, -0.2) is 5.78 Å². The molecule has 0 bridgehead atoms. The highest BCUT2D eigenvalue weighted by atomic mass is 127. The predicted molar refractivity (Wildman–Crippen MR) is 83.3 cm³/mol. The summed E-state index contributed by atoms with van der Waals surface area (Å²) >= 11 is 8.12. The number of rotatable bonds is 3. The quantitative estimate of drug-likeness (QED) is 0.544. The van der Waals surface area contributed by atoms with Crippen LogP contribution in [0.1, 0.15) is 21.5 Å². The fraction of sp³-hybridized carbons (Fsp3) is 0.133. The maximum atomic E-state index is 13.0. The second-order valence-corrected chi connectivity index (χ2v) is 5.87. The summed E-state index contributed by atoms with van der Waals surface area (Å²) < 4.78 is 13.9. The fourth-order valence-corrected chi connectivity index (χ4v) is 2.32. The number of aryl methyl sites for hydroxylation is 1. The molecule has 2 aromatic carbocycles. The number of halogens is 3. The van der Waals surface area contributed by atoms with Gasteiger partial charge >= 0.3 is 0 Å². The summed E-state index contributed by atoms with van der Waals surface area (Å²) in [7, 11) is 0. The molecule has 0 aliphatic carbocycles. The molecule has 0 aliphatic heterocycles. The number of carbonyl (C=O) groups excluding carboxylic acids is 1. The summed E-state index contributed by atoms with van der Waals surface area (Å²) in [5.41, 5.74) is 2.19. The Morgan fingerprint density at radius 2 is 2.00 bits per heavy atom. The van der Waals surface area contributed by atoms with Crippen molar-refractivity contribution in [1.29, 1.82) is 0 Å². The number of benzene rings is 2. The maximum Gasteiger partial charge on any atom is 0.167 e. The zero-order chi connectivity index (χ0) is 14.0. The lowest BCUT2D eigenvalue weighted by atomic mass is 9.99. The summed E-state index contributed by atoms with van der Waals surface area (Å²) in [6.07, 6.45) is 0.253. The second-order valence-electron chi connectivity index (χ2n) is 4.30. The Balaban J connectivity index is 2.23. The second kappa shape index (κ2) is 6.01. The van der Waals surface area contributed by atoms with Gasteiger partial charge in [0.15, 0.2) is 5.78 Å². The van der Waals surface area contributed by atoms with Crippen LogP contribution in [0.3, 0.4) is 0 Å². The number of hydrogen-bond acceptors (Lipinski definition) is 1. The molecule has 0 atom stereocenters. The molecule has 1 nitrogen and oxygen atoms in total. The van der Waals surface area contributed by atoms with Crippen molar-refractivity contribution < 1.29 is 9.18 Å². The Bertz CT molecular complexity index is 640. The molecule has 4 heteroatoms. The van der Waals surface area contributed by atoms with E-state index in [-0.39, 0.29) is 18.0 Å². The molecular weight excluding hydrogens is 378 g/mol. The molecule has 0 heterocycles. The van der Waals surface area contributed by atoms with E-state index in [1.165, 1.54) is 12.1 Å². The van der Waals surface area contributed by atoms with E-state index in [0.29, 0.717) is 10.6 Å². The van der Waals surface area contributed by atoms with Gasteiger partial charge in [-0.1, -0.05) is 23.7 Å². The van der Waals surface area contributed by atoms with Crippen LogP contribution in [0.4, 0.5) is 4.39 Å². The van der Waals surface area contributed by atoms with Crippen molar-refractivity contribution in [1.82, 2.24) is 0 Å². The molecule has 2 rings (SSSR count).